The van der Waals surface area contributed by atoms with Crippen LogP contribution in [0.15, 0.2) is 41.6 Å². The van der Waals surface area contributed by atoms with Crippen molar-refractivity contribution >= 4 is 27.5 Å². The van der Waals surface area contributed by atoms with Crippen LogP contribution in [0.25, 0.3) is 0 Å². The fraction of sp³-hybridized carbons (Fsp3) is 0.350. The van der Waals surface area contributed by atoms with Gasteiger partial charge in [-0.2, -0.15) is 22.7 Å². The highest BCUT2D eigenvalue weighted by molar-refractivity contribution is 7.89. The van der Waals surface area contributed by atoms with Gasteiger partial charge < -0.3 is 10.0 Å². The molecular weight excluding hydrogens is 480 g/mol. The van der Waals surface area contributed by atoms with E-state index in [-0.39, 0.29) is 29.6 Å². The van der Waals surface area contributed by atoms with Gasteiger partial charge in [-0.05, 0) is 18.6 Å². The number of amides is 1. The third-order valence-corrected chi connectivity index (χ3v) is 7.50. The first-order chi connectivity index (χ1) is 15.6. The predicted octanol–water partition coefficient (Wildman–Crippen LogP) is 2.16. The molecule has 4 rings (SSSR count). The Bertz CT molecular complexity index is 1280. The van der Waals surface area contributed by atoms with E-state index in [0.717, 1.165) is 15.0 Å². The summed E-state index contributed by atoms with van der Waals surface area (Å²) in [7, 11) is -4.15. The molecule has 33 heavy (non-hydrogen) atoms. The molecule has 1 amide bonds. The van der Waals surface area contributed by atoms with Crippen LogP contribution in [0, 0.1) is 6.92 Å². The second kappa shape index (κ2) is 8.84. The highest BCUT2D eigenvalue weighted by Crippen LogP contribution is 2.30. The zero-order chi connectivity index (χ0) is 23.9. The van der Waals surface area contributed by atoms with Crippen molar-refractivity contribution < 1.29 is 27.1 Å². The number of fused-ring (bicyclic) bond motifs is 1. The fourth-order valence-corrected chi connectivity index (χ4v) is 5.39. The zero-order valence-corrected chi connectivity index (χ0v) is 19.0. The SMILES string of the molecule is Cc1c(S(=O)(=O)n2cc3c(n2)CN(C(=O)[C@@H](CO)c2ccccc2Cl)C3)cnn1CC(F)F. The van der Waals surface area contributed by atoms with Crippen LogP contribution < -0.4 is 0 Å². The van der Waals surface area contributed by atoms with Crippen molar-refractivity contribution in [2.24, 2.45) is 0 Å². The molecule has 0 saturated heterocycles. The van der Waals surface area contributed by atoms with Crippen LogP contribution in [0.5, 0.6) is 0 Å². The van der Waals surface area contributed by atoms with E-state index < -0.39 is 35.5 Å². The molecule has 0 unspecified atom stereocenters. The van der Waals surface area contributed by atoms with Gasteiger partial charge >= 0.3 is 0 Å². The molecule has 2 aromatic heterocycles. The Kier molecular flexibility index (Phi) is 6.25. The fourth-order valence-electron chi connectivity index (χ4n) is 3.79. The largest absolute Gasteiger partial charge is 0.395 e. The molecule has 3 aromatic rings. The lowest BCUT2D eigenvalue weighted by Crippen LogP contribution is -2.33. The summed E-state index contributed by atoms with van der Waals surface area (Å²) < 4.78 is 53.0. The van der Waals surface area contributed by atoms with Crippen molar-refractivity contribution in [1.29, 1.82) is 0 Å². The molecule has 1 atom stereocenters. The maximum absolute atomic E-state index is 13.0. The first kappa shape index (κ1) is 23.3. The van der Waals surface area contributed by atoms with Crippen molar-refractivity contribution in [2.45, 2.75) is 43.8 Å². The molecule has 0 spiro atoms. The van der Waals surface area contributed by atoms with E-state index in [1.165, 1.54) is 18.0 Å². The van der Waals surface area contributed by atoms with E-state index in [4.69, 9.17) is 11.6 Å². The standard InChI is InChI=1S/C20H20ClF2N5O4S/c1-12-18(6-24-27(12)10-19(22)23)33(31,32)28-8-13-7-26(9-17(13)25-28)20(30)15(11-29)14-4-2-3-5-16(14)21/h2-6,8,15,19,29H,7,9-11H2,1H3/t15-/m0/s1. The monoisotopic (exact) mass is 499 g/mol. The quantitative estimate of drug-likeness (QED) is 0.533. The van der Waals surface area contributed by atoms with Gasteiger partial charge in [-0.25, -0.2) is 8.78 Å². The molecule has 0 saturated carbocycles. The second-order valence-electron chi connectivity index (χ2n) is 7.60. The number of benzene rings is 1. The number of alkyl halides is 2. The van der Waals surface area contributed by atoms with E-state index >= 15 is 0 Å². The van der Waals surface area contributed by atoms with Crippen molar-refractivity contribution in [1.82, 2.24) is 23.9 Å². The van der Waals surface area contributed by atoms with Crippen LogP contribution in [0.1, 0.15) is 28.4 Å². The van der Waals surface area contributed by atoms with Gasteiger partial charge in [0, 0.05) is 23.3 Å². The van der Waals surface area contributed by atoms with Gasteiger partial charge in [0.1, 0.15) is 11.4 Å². The zero-order valence-electron chi connectivity index (χ0n) is 17.4. The number of carbonyl (C=O) groups excluding carboxylic acids is 1. The number of carbonyl (C=O) groups is 1. The third kappa shape index (κ3) is 4.25. The van der Waals surface area contributed by atoms with E-state index in [0.29, 0.717) is 21.8 Å². The summed E-state index contributed by atoms with van der Waals surface area (Å²) in [4.78, 5) is 14.3. The number of aromatic nitrogens is 4. The van der Waals surface area contributed by atoms with E-state index in [2.05, 4.69) is 10.2 Å². The third-order valence-electron chi connectivity index (χ3n) is 5.52. The minimum Gasteiger partial charge on any atom is -0.395 e. The Labute approximate surface area is 193 Å². The lowest BCUT2D eigenvalue weighted by Gasteiger charge is -2.22. The molecule has 1 aliphatic heterocycles. The van der Waals surface area contributed by atoms with Gasteiger partial charge in [-0.1, -0.05) is 29.8 Å². The summed E-state index contributed by atoms with van der Waals surface area (Å²) in [5, 5.41) is 18.0. The number of aliphatic hydroxyl groups excluding tert-OH is 1. The first-order valence-corrected chi connectivity index (χ1v) is 11.7. The van der Waals surface area contributed by atoms with Gasteiger partial charge in [0.05, 0.1) is 36.7 Å². The van der Waals surface area contributed by atoms with Crippen molar-refractivity contribution in [3.63, 3.8) is 0 Å². The van der Waals surface area contributed by atoms with Crippen LogP contribution in [-0.4, -0.2) is 56.3 Å². The molecule has 0 fully saturated rings. The minimum absolute atomic E-state index is 0.0568. The van der Waals surface area contributed by atoms with Gasteiger partial charge in [-0.3, -0.25) is 9.48 Å². The average molecular weight is 500 g/mol. The van der Waals surface area contributed by atoms with E-state index in [1.54, 1.807) is 24.3 Å². The van der Waals surface area contributed by atoms with E-state index in [9.17, 15) is 27.1 Å². The van der Waals surface area contributed by atoms with Crippen molar-refractivity contribution in [3.05, 3.63) is 64.2 Å². The minimum atomic E-state index is -4.15. The molecule has 0 aliphatic carbocycles. The number of hydrogen-bond donors (Lipinski definition) is 1. The lowest BCUT2D eigenvalue weighted by molar-refractivity contribution is -0.134. The lowest BCUT2D eigenvalue weighted by atomic mass is 9.98. The number of nitrogens with zero attached hydrogens (tertiary/aromatic N) is 5. The van der Waals surface area contributed by atoms with Crippen molar-refractivity contribution in [3.8, 4) is 0 Å². The summed E-state index contributed by atoms with van der Waals surface area (Å²) in [5.41, 5.74) is 1.49. The maximum Gasteiger partial charge on any atom is 0.286 e. The Hall–Kier alpha value is -2.83. The molecule has 1 aliphatic rings. The van der Waals surface area contributed by atoms with Gasteiger partial charge in [0.15, 0.2) is 0 Å². The highest BCUT2D eigenvalue weighted by atomic mass is 35.5. The molecule has 9 nitrogen and oxygen atoms in total. The Morgan fingerprint density at radius 1 is 1.27 bits per heavy atom. The predicted molar refractivity (Wildman–Crippen MR) is 113 cm³/mol. The van der Waals surface area contributed by atoms with E-state index in [1.807, 2.05) is 0 Å². The number of aliphatic hydroxyl groups is 1. The summed E-state index contributed by atoms with van der Waals surface area (Å²) in [5.74, 6) is -1.22. The number of halogens is 3. The van der Waals surface area contributed by atoms with Crippen LogP contribution in [0.2, 0.25) is 5.02 Å². The molecule has 1 aromatic carbocycles. The molecule has 176 valence electrons. The van der Waals surface area contributed by atoms with Crippen LogP contribution >= 0.6 is 11.6 Å². The first-order valence-electron chi connectivity index (χ1n) is 9.91. The van der Waals surface area contributed by atoms with Gasteiger partial charge in [-0.15, -0.1) is 0 Å². The second-order valence-corrected chi connectivity index (χ2v) is 9.77. The summed E-state index contributed by atoms with van der Waals surface area (Å²) in [6.07, 6.45) is -0.360. The molecule has 3 heterocycles. The molecular formula is C20H20ClF2N5O4S. The Morgan fingerprint density at radius 3 is 2.64 bits per heavy atom. The van der Waals surface area contributed by atoms with Crippen LogP contribution in [-0.2, 0) is 34.5 Å². The summed E-state index contributed by atoms with van der Waals surface area (Å²) in [6.45, 7) is 0.400. The molecule has 0 bridgehead atoms. The van der Waals surface area contributed by atoms with Gasteiger partial charge in [0.2, 0.25) is 5.91 Å². The number of rotatable bonds is 7. The Balaban J connectivity index is 1.54. The van der Waals surface area contributed by atoms with Crippen molar-refractivity contribution in [2.75, 3.05) is 6.61 Å². The summed E-state index contributed by atoms with van der Waals surface area (Å²) in [6, 6.07) is 6.74. The van der Waals surface area contributed by atoms with Gasteiger partial charge in [0.25, 0.3) is 16.4 Å². The highest BCUT2D eigenvalue weighted by Gasteiger charge is 2.34. The topological polar surface area (TPSA) is 110 Å². The summed E-state index contributed by atoms with van der Waals surface area (Å²) >= 11 is 6.18. The normalized spacial score (nSPS) is 14.7. The van der Waals surface area contributed by atoms with Crippen LogP contribution in [0.4, 0.5) is 8.78 Å². The van der Waals surface area contributed by atoms with Crippen LogP contribution in [0.3, 0.4) is 0 Å². The number of hydrogen-bond acceptors (Lipinski definition) is 6. The molecule has 13 heteroatoms. The molecule has 0 radical (unpaired) electrons. The average Bonchev–Trinajstić information content (AvgIpc) is 3.44. The Morgan fingerprint density at radius 2 is 2.00 bits per heavy atom. The molecule has 1 N–H and O–H groups in total. The maximum atomic E-state index is 13.0. The smallest absolute Gasteiger partial charge is 0.286 e.